The van der Waals surface area contributed by atoms with Crippen molar-refractivity contribution in [3.63, 3.8) is 0 Å². The number of ether oxygens (including phenoxy) is 1. The summed E-state index contributed by atoms with van der Waals surface area (Å²) in [6.07, 6.45) is 3.91. The first kappa shape index (κ1) is 13.3. The normalized spacial score (nSPS) is 32.3. The average molecular weight is 240 g/mol. The highest BCUT2D eigenvalue weighted by atomic mass is 16.5. The summed E-state index contributed by atoms with van der Waals surface area (Å²) in [7, 11) is 0. The van der Waals surface area contributed by atoms with Gasteiger partial charge in [-0.3, -0.25) is 0 Å². The van der Waals surface area contributed by atoms with Gasteiger partial charge in [-0.1, -0.05) is 13.8 Å². The third kappa shape index (κ3) is 4.23. The predicted octanol–water partition coefficient (Wildman–Crippen LogP) is 1.73. The molecule has 3 heteroatoms. The molecule has 2 heterocycles. The van der Waals surface area contributed by atoms with Gasteiger partial charge in [0.2, 0.25) is 0 Å². The van der Waals surface area contributed by atoms with Gasteiger partial charge in [0.1, 0.15) is 0 Å². The van der Waals surface area contributed by atoms with Crippen LogP contribution in [0.4, 0.5) is 0 Å². The van der Waals surface area contributed by atoms with E-state index in [0.29, 0.717) is 0 Å². The van der Waals surface area contributed by atoms with Crippen molar-refractivity contribution in [3.05, 3.63) is 0 Å². The smallest absolute Gasteiger partial charge is 0.0591 e. The molecule has 0 saturated carbocycles. The fraction of sp³-hybridized carbons (Fsp3) is 1.00. The molecule has 2 aliphatic rings. The van der Waals surface area contributed by atoms with E-state index in [9.17, 15) is 0 Å². The molecule has 0 amide bonds. The molecule has 0 radical (unpaired) electrons. The van der Waals surface area contributed by atoms with E-state index in [4.69, 9.17) is 4.74 Å². The number of nitrogens with one attached hydrogen (secondary N) is 1. The number of rotatable bonds is 7. The van der Waals surface area contributed by atoms with E-state index in [2.05, 4.69) is 24.1 Å². The molecule has 2 saturated heterocycles. The first-order valence-corrected chi connectivity index (χ1v) is 7.29. The van der Waals surface area contributed by atoms with Crippen LogP contribution in [-0.2, 0) is 4.74 Å². The van der Waals surface area contributed by atoms with Crippen molar-refractivity contribution < 1.29 is 4.74 Å². The Balaban J connectivity index is 1.50. The van der Waals surface area contributed by atoms with Gasteiger partial charge in [-0.2, -0.15) is 0 Å². The summed E-state index contributed by atoms with van der Waals surface area (Å²) in [4.78, 5) is 2.60. The lowest BCUT2D eigenvalue weighted by Crippen LogP contribution is -2.44. The van der Waals surface area contributed by atoms with Gasteiger partial charge in [0.15, 0.2) is 0 Å². The molecular formula is C14H28N2O. The van der Waals surface area contributed by atoms with Crippen LogP contribution in [0.2, 0.25) is 0 Å². The van der Waals surface area contributed by atoms with Crippen LogP contribution >= 0.6 is 0 Å². The largest absolute Gasteiger partial charge is 0.380 e. The van der Waals surface area contributed by atoms with E-state index in [1.54, 1.807) is 0 Å². The SMILES string of the molecule is CC(C)CCOCCNC1CCN2CCC1C2. The number of hydrogen-bond acceptors (Lipinski definition) is 3. The van der Waals surface area contributed by atoms with Gasteiger partial charge in [-0.05, 0) is 44.2 Å². The molecule has 2 bridgehead atoms. The molecule has 3 nitrogen and oxygen atoms in total. The second-order valence-electron chi connectivity index (χ2n) is 5.99. The Morgan fingerprint density at radius 2 is 2.06 bits per heavy atom. The van der Waals surface area contributed by atoms with E-state index < -0.39 is 0 Å². The average Bonchev–Trinajstić information content (AvgIpc) is 2.68. The Kier molecular flexibility index (Phi) is 5.26. The molecule has 2 fully saturated rings. The molecule has 17 heavy (non-hydrogen) atoms. The highest BCUT2D eigenvalue weighted by Gasteiger charge is 2.33. The minimum atomic E-state index is 0.752. The van der Waals surface area contributed by atoms with Crippen molar-refractivity contribution in [2.45, 2.75) is 39.2 Å². The van der Waals surface area contributed by atoms with Crippen molar-refractivity contribution >= 4 is 0 Å². The van der Waals surface area contributed by atoms with Crippen molar-refractivity contribution in [1.82, 2.24) is 10.2 Å². The maximum Gasteiger partial charge on any atom is 0.0591 e. The van der Waals surface area contributed by atoms with E-state index in [1.807, 2.05) is 0 Å². The van der Waals surface area contributed by atoms with E-state index >= 15 is 0 Å². The van der Waals surface area contributed by atoms with E-state index in [1.165, 1.54) is 38.9 Å². The summed E-state index contributed by atoms with van der Waals surface area (Å²) < 4.78 is 5.64. The molecule has 0 aromatic rings. The molecule has 100 valence electrons. The zero-order valence-corrected chi connectivity index (χ0v) is 11.5. The third-order valence-corrected chi connectivity index (χ3v) is 4.13. The first-order valence-electron chi connectivity index (χ1n) is 7.29. The van der Waals surface area contributed by atoms with Crippen molar-refractivity contribution in [2.24, 2.45) is 11.8 Å². The van der Waals surface area contributed by atoms with Gasteiger partial charge in [-0.25, -0.2) is 0 Å². The quantitative estimate of drug-likeness (QED) is 0.686. The molecule has 3 unspecified atom stereocenters. The van der Waals surface area contributed by atoms with Gasteiger partial charge in [0.25, 0.3) is 0 Å². The number of nitrogens with zero attached hydrogens (tertiary/aromatic N) is 1. The monoisotopic (exact) mass is 240 g/mol. The Hall–Kier alpha value is -0.120. The fourth-order valence-corrected chi connectivity index (χ4v) is 2.96. The lowest BCUT2D eigenvalue weighted by molar-refractivity contribution is 0.118. The highest BCUT2D eigenvalue weighted by molar-refractivity contribution is 4.90. The second kappa shape index (κ2) is 6.72. The Morgan fingerprint density at radius 1 is 1.24 bits per heavy atom. The lowest BCUT2D eigenvalue weighted by Gasteiger charge is -2.31. The maximum atomic E-state index is 5.64. The van der Waals surface area contributed by atoms with Gasteiger partial charge in [0, 0.05) is 25.7 Å². The molecule has 2 rings (SSSR count). The van der Waals surface area contributed by atoms with Crippen LogP contribution < -0.4 is 5.32 Å². The van der Waals surface area contributed by atoms with Crippen LogP contribution in [0.25, 0.3) is 0 Å². The van der Waals surface area contributed by atoms with Crippen molar-refractivity contribution in [3.8, 4) is 0 Å². The molecule has 1 N–H and O–H groups in total. The summed E-state index contributed by atoms with van der Waals surface area (Å²) in [5, 5.41) is 3.69. The molecule has 0 aliphatic carbocycles. The topological polar surface area (TPSA) is 24.5 Å². The summed E-state index contributed by atoms with van der Waals surface area (Å²) in [5.74, 6) is 1.66. The van der Waals surface area contributed by atoms with E-state index in [0.717, 1.165) is 37.6 Å². The molecule has 3 atom stereocenters. The zero-order valence-electron chi connectivity index (χ0n) is 11.5. The van der Waals surface area contributed by atoms with Crippen LogP contribution in [-0.4, -0.2) is 50.3 Å². The second-order valence-corrected chi connectivity index (χ2v) is 5.99. The number of hydrogen-bond donors (Lipinski definition) is 1. The molecule has 0 aromatic carbocycles. The van der Waals surface area contributed by atoms with Crippen molar-refractivity contribution in [2.75, 3.05) is 39.4 Å². The van der Waals surface area contributed by atoms with Crippen LogP contribution in [0.3, 0.4) is 0 Å². The number of piperidine rings is 1. The summed E-state index contributed by atoms with van der Waals surface area (Å²) in [5.41, 5.74) is 0. The van der Waals surface area contributed by atoms with Gasteiger partial charge in [0.05, 0.1) is 6.61 Å². The molecule has 2 aliphatic heterocycles. The molecule has 0 aromatic heterocycles. The van der Waals surface area contributed by atoms with Crippen molar-refractivity contribution in [1.29, 1.82) is 0 Å². The van der Waals surface area contributed by atoms with Crippen LogP contribution in [0, 0.1) is 11.8 Å². The molecule has 0 spiro atoms. The third-order valence-electron chi connectivity index (χ3n) is 4.13. The van der Waals surface area contributed by atoms with Crippen LogP contribution in [0.5, 0.6) is 0 Å². The minimum absolute atomic E-state index is 0.752. The van der Waals surface area contributed by atoms with Crippen LogP contribution in [0.15, 0.2) is 0 Å². The summed E-state index contributed by atoms with van der Waals surface area (Å²) in [6.45, 7) is 11.3. The Morgan fingerprint density at radius 3 is 2.88 bits per heavy atom. The predicted molar refractivity (Wildman–Crippen MR) is 71.2 cm³/mol. The zero-order chi connectivity index (χ0) is 12.1. The maximum absolute atomic E-state index is 5.64. The van der Waals surface area contributed by atoms with Gasteiger partial charge >= 0.3 is 0 Å². The van der Waals surface area contributed by atoms with Crippen LogP contribution in [0.1, 0.15) is 33.1 Å². The fourth-order valence-electron chi connectivity index (χ4n) is 2.96. The Labute approximate surface area is 106 Å². The minimum Gasteiger partial charge on any atom is -0.380 e. The van der Waals surface area contributed by atoms with E-state index in [-0.39, 0.29) is 0 Å². The number of fused-ring (bicyclic) bond motifs is 2. The highest BCUT2D eigenvalue weighted by Crippen LogP contribution is 2.26. The lowest BCUT2D eigenvalue weighted by atomic mass is 9.94. The van der Waals surface area contributed by atoms with Gasteiger partial charge in [-0.15, -0.1) is 0 Å². The summed E-state index contributed by atoms with van der Waals surface area (Å²) >= 11 is 0. The standard InChI is InChI=1S/C14H28N2O/c1-12(2)5-9-17-10-6-15-14-4-8-16-7-3-13(14)11-16/h12-15H,3-11H2,1-2H3. The first-order chi connectivity index (χ1) is 8.25. The molecular weight excluding hydrogens is 212 g/mol. The summed E-state index contributed by atoms with van der Waals surface area (Å²) in [6, 6.07) is 0.752. The Bertz CT molecular complexity index is 220. The van der Waals surface area contributed by atoms with Gasteiger partial charge < -0.3 is 15.0 Å².